The number of nitrogens with one attached hydrogen (secondary N) is 1. The van der Waals surface area contributed by atoms with E-state index in [1.165, 1.54) is 13.2 Å². The summed E-state index contributed by atoms with van der Waals surface area (Å²) in [6, 6.07) is 3.78. The smallest absolute Gasteiger partial charge is 0.416 e. The number of rotatable bonds is 6. The van der Waals surface area contributed by atoms with E-state index in [-0.39, 0.29) is 36.4 Å². The van der Waals surface area contributed by atoms with Crippen molar-refractivity contribution in [2.75, 3.05) is 39.9 Å². The number of hydrogen-bond acceptors (Lipinski definition) is 4. The lowest BCUT2D eigenvalue weighted by Gasteiger charge is -2.36. The van der Waals surface area contributed by atoms with E-state index >= 15 is 0 Å². The Morgan fingerprint density at radius 1 is 1.29 bits per heavy atom. The minimum atomic E-state index is -4.44. The molecule has 1 saturated heterocycles. The van der Waals surface area contributed by atoms with E-state index < -0.39 is 11.7 Å². The monoisotopic (exact) mass is 368 g/mol. The Bertz CT molecular complexity index is 509. The van der Waals surface area contributed by atoms with Gasteiger partial charge >= 0.3 is 6.18 Å². The van der Waals surface area contributed by atoms with Crippen LogP contribution >= 0.6 is 12.4 Å². The summed E-state index contributed by atoms with van der Waals surface area (Å²) in [4.78, 5) is 2.06. The standard InChI is InChI=1S/C16H23F3N2O2.ClH/c1-23-12-4-5-13(14(11-12)16(17,18)19)15(3-2-10-22)21-8-6-20-7-9-21;/h4-5,11,15,20,22H,2-3,6-10H2,1H3;1H/t15-;/m0./s1. The molecule has 2 N–H and O–H groups in total. The highest BCUT2D eigenvalue weighted by atomic mass is 35.5. The second-order valence-corrected chi connectivity index (χ2v) is 5.62. The van der Waals surface area contributed by atoms with Gasteiger partial charge in [-0.05, 0) is 30.5 Å². The van der Waals surface area contributed by atoms with Crippen LogP contribution in [0.2, 0.25) is 0 Å². The first-order valence-electron chi connectivity index (χ1n) is 7.78. The predicted octanol–water partition coefficient (Wildman–Crippen LogP) is 2.85. The summed E-state index contributed by atoms with van der Waals surface area (Å²) < 4.78 is 45.4. The zero-order valence-electron chi connectivity index (χ0n) is 13.6. The van der Waals surface area contributed by atoms with Crippen molar-refractivity contribution in [2.24, 2.45) is 0 Å². The molecule has 0 amide bonds. The second kappa shape index (κ2) is 9.46. The lowest BCUT2D eigenvalue weighted by atomic mass is 9.94. The molecule has 1 aliphatic rings. The van der Waals surface area contributed by atoms with Crippen LogP contribution in [0.25, 0.3) is 0 Å². The zero-order chi connectivity index (χ0) is 16.9. The number of ether oxygens (including phenoxy) is 1. The number of halogens is 4. The van der Waals surface area contributed by atoms with Crippen LogP contribution in [0, 0.1) is 0 Å². The molecule has 8 heteroatoms. The summed E-state index contributed by atoms with van der Waals surface area (Å²) in [5.41, 5.74) is -0.396. The third kappa shape index (κ3) is 5.24. The van der Waals surface area contributed by atoms with Gasteiger partial charge in [0.1, 0.15) is 5.75 Å². The van der Waals surface area contributed by atoms with Crippen LogP contribution in [0.15, 0.2) is 18.2 Å². The lowest BCUT2D eigenvalue weighted by Crippen LogP contribution is -2.45. The van der Waals surface area contributed by atoms with E-state index in [0.717, 1.165) is 19.2 Å². The van der Waals surface area contributed by atoms with Gasteiger partial charge in [-0.3, -0.25) is 4.90 Å². The molecule has 0 radical (unpaired) electrons. The van der Waals surface area contributed by atoms with Crippen molar-refractivity contribution in [2.45, 2.75) is 25.1 Å². The maximum Gasteiger partial charge on any atom is 0.416 e. The molecule has 1 aromatic rings. The van der Waals surface area contributed by atoms with Crippen molar-refractivity contribution in [3.05, 3.63) is 29.3 Å². The average Bonchev–Trinajstić information content (AvgIpc) is 2.55. The molecule has 4 nitrogen and oxygen atoms in total. The average molecular weight is 369 g/mol. The number of hydrogen-bond donors (Lipinski definition) is 2. The fourth-order valence-corrected chi connectivity index (χ4v) is 3.01. The molecule has 0 aromatic heterocycles. The molecule has 1 atom stereocenters. The number of nitrogens with zero attached hydrogens (tertiary/aromatic N) is 1. The van der Waals surface area contributed by atoms with E-state index in [9.17, 15) is 13.2 Å². The predicted molar refractivity (Wildman–Crippen MR) is 88.7 cm³/mol. The van der Waals surface area contributed by atoms with Gasteiger partial charge in [0.05, 0.1) is 12.7 Å². The van der Waals surface area contributed by atoms with Gasteiger partial charge < -0.3 is 15.2 Å². The van der Waals surface area contributed by atoms with Crippen LogP contribution in [-0.4, -0.2) is 49.9 Å². The molecule has 0 aliphatic carbocycles. The van der Waals surface area contributed by atoms with Crippen LogP contribution in [0.1, 0.15) is 30.0 Å². The Kier molecular flexibility index (Phi) is 8.29. The molecule has 24 heavy (non-hydrogen) atoms. The van der Waals surface area contributed by atoms with Crippen LogP contribution in [0.5, 0.6) is 5.75 Å². The molecule has 0 spiro atoms. The highest BCUT2D eigenvalue weighted by Gasteiger charge is 2.37. The second-order valence-electron chi connectivity index (χ2n) is 5.62. The minimum Gasteiger partial charge on any atom is -0.497 e. The molecular formula is C16H24ClF3N2O2. The molecule has 1 aromatic carbocycles. The summed E-state index contributed by atoms with van der Waals surface area (Å²) in [6.07, 6.45) is -3.47. The molecule has 138 valence electrons. The van der Waals surface area contributed by atoms with Gasteiger partial charge in [0.15, 0.2) is 0 Å². The Labute approximate surface area is 146 Å². The van der Waals surface area contributed by atoms with Crippen LogP contribution < -0.4 is 10.1 Å². The van der Waals surface area contributed by atoms with Gasteiger partial charge in [-0.15, -0.1) is 12.4 Å². The Morgan fingerprint density at radius 3 is 2.50 bits per heavy atom. The van der Waals surface area contributed by atoms with E-state index in [0.29, 0.717) is 25.9 Å². The summed E-state index contributed by atoms with van der Waals surface area (Å²) in [5.74, 6) is 0.197. The van der Waals surface area contributed by atoms with E-state index in [2.05, 4.69) is 10.2 Å². The molecule has 2 rings (SSSR count). The van der Waals surface area contributed by atoms with Gasteiger partial charge in [-0.2, -0.15) is 13.2 Å². The van der Waals surface area contributed by atoms with Crippen molar-refractivity contribution in [3.63, 3.8) is 0 Å². The van der Waals surface area contributed by atoms with E-state index in [1.807, 2.05) is 0 Å². The van der Waals surface area contributed by atoms with Gasteiger partial charge in [-0.1, -0.05) is 6.07 Å². The molecule has 0 saturated carbocycles. The zero-order valence-corrected chi connectivity index (χ0v) is 14.4. The van der Waals surface area contributed by atoms with Crippen molar-refractivity contribution >= 4 is 12.4 Å². The van der Waals surface area contributed by atoms with Crippen LogP contribution in [0.4, 0.5) is 13.2 Å². The maximum absolute atomic E-state index is 13.5. The Hall–Kier alpha value is -1.02. The quantitative estimate of drug-likeness (QED) is 0.810. The number of aliphatic hydroxyl groups excluding tert-OH is 1. The van der Waals surface area contributed by atoms with Crippen molar-refractivity contribution in [3.8, 4) is 5.75 Å². The fourth-order valence-electron chi connectivity index (χ4n) is 3.01. The molecular weight excluding hydrogens is 345 g/mol. The molecule has 1 aliphatic heterocycles. The van der Waals surface area contributed by atoms with Gasteiger partial charge in [0, 0.05) is 38.8 Å². The number of piperazine rings is 1. The van der Waals surface area contributed by atoms with Crippen molar-refractivity contribution < 1.29 is 23.0 Å². The molecule has 1 heterocycles. The minimum absolute atomic E-state index is 0. The molecule has 1 fully saturated rings. The van der Waals surface area contributed by atoms with E-state index in [4.69, 9.17) is 9.84 Å². The largest absolute Gasteiger partial charge is 0.497 e. The van der Waals surface area contributed by atoms with Crippen molar-refractivity contribution in [1.82, 2.24) is 10.2 Å². The summed E-state index contributed by atoms with van der Waals surface area (Å²) in [6.45, 7) is 2.87. The van der Waals surface area contributed by atoms with E-state index in [1.54, 1.807) is 6.07 Å². The first-order chi connectivity index (χ1) is 11.0. The van der Waals surface area contributed by atoms with Gasteiger partial charge in [0.25, 0.3) is 0 Å². The third-order valence-corrected chi connectivity index (χ3v) is 4.15. The lowest BCUT2D eigenvalue weighted by molar-refractivity contribution is -0.139. The topological polar surface area (TPSA) is 44.7 Å². The van der Waals surface area contributed by atoms with Gasteiger partial charge in [-0.25, -0.2) is 0 Å². The molecule has 0 unspecified atom stereocenters. The summed E-state index contributed by atoms with van der Waals surface area (Å²) in [7, 11) is 1.36. The van der Waals surface area contributed by atoms with Gasteiger partial charge in [0.2, 0.25) is 0 Å². The highest BCUT2D eigenvalue weighted by Crippen LogP contribution is 2.39. The third-order valence-electron chi connectivity index (χ3n) is 4.15. The normalized spacial score (nSPS) is 17.2. The number of benzene rings is 1. The SMILES string of the molecule is COc1ccc([C@H](CCCO)N2CCNCC2)c(C(F)(F)F)c1.Cl. The number of alkyl halides is 3. The highest BCUT2D eigenvalue weighted by molar-refractivity contribution is 5.85. The summed E-state index contributed by atoms with van der Waals surface area (Å²) >= 11 is 0. The Morgan fingerprint density at radius 2 is 1.96 bits per heavy atom. The van der Waals surface area contributed by atoms with Crippen LogP contribution in [0.3, 0.4) is 0 Å². The number of methoxy groups -OCH3 is 1. The molecule has 0 bridgehead atoms. The first-order valence-corrected chi connectivity index (χ1v) is 7.78. The Balaban J connectivity index is 0.00000288. The van der Waals surface area contributed by atoms with Crippen LogP contribution in [-0.2, 0) is 6.18 Å². The summed E-state index contributed by atoms with van der Waals surface area (Å²) in [5, 5.41) is 12.3. The van der Waals surface area contributed by atoms with Crippen molar-refractivity contribution in [1.29, 1.82) is 0 Å². The maximum atomic E-state index is 13.5. The number of aliphatic hydroxyl groups is 1. The first kappa shape index (κ1) is 21.0. The fraction of sp³-hybridized carbons (Fsp3) is 0.625.